The minimum Gasteiger partial charge on any atom is -0.396 e. The normalized spacial score (nSPS) is 10.2. The summed E-state index contributed by atoms with van der Waals surface area (Å²) >= 11 is 0. The van der Waals surface area contributed by atoms with E-state index >= 15 is 0 Å². The van der Waals surface area contributed by atoms with Crippen LogP contribution in [0.4, 0.5) is 11.4 Å². The van der Waals surface area contributed by atoms with Crippen molar-refractivity contribution in [1.29, 1.82) is 0 Å². The topological polar surface area (TPSA) is 72.9 Å². The summed E-state index contributed by atoms with van der Waals surface area (Å²) in [5.74, 6) is -0.243. The SMILES string of the molecule is CCn1ncc(N)c1C(=O)Nc1ccccc1. The quantitative estimate of drug-likeness (QED) is 0.843. The molecule has 0 unspecified atom stereocenters. The zero-order valence-corrected chi connectivity index (χ0v) is 9.55. The summed E-state index contributed by atoms with van der Waals surface area (Å²) in [6.45, 7) is 2.51. The molecule has 0 spiro atoms. The summed E-state index contributed by atoms with van der Waals surface area (Å²) in [5, 5.41) is 6.81. The van der Waals surface area contributed by atoms with Crippen molar-refractivity contribution in [2.75, 3.05) is 11.1 Å². The Morgan fingerprint density at radius 1 is 1.41 bits per heavy atom. The van der Waals surface area contributed by atoms with Crippen molar-refractivity contribution in [1.82, 2.24) is 9.78 Å². The lowest BCUT2D eigenvalue weighted by Gasteiger charge is -2.07. The highest BCUT2D eigenvalue weighted by Gasteiger charge is 2.15. The van der Waals surface area contributed by atoms with Crippen LogP contribution in [0.15, 0.2) is 36.5 Å². The van der Waals surface area contributed by atoms with E-state index in [1.54, 1.807) is 4.68 Å². The van der Waals surface area contributed by atoms with Crippen LogP contribution in [-0.2, 0) is 6.54 Å². The van der Waals surface area contributed by atoms with Gasteiger partial charge in [-0.2, -0.15) is 5.10 Å². The van der Waals surface area contributed by atoms with Crippen LogP contribution in [0.25, 0.3) is 0 Å². The van der Waals surface area contributed by atoms with E-state index in [9.17, 15) is 4.79 Å². The molecule has 1 heterocycles. The molecular formula is C12H14N4O. The lowest BCUT2D eigenvalue weighted by molar-refractivity contribution is 0.101. The van der Waals surface area contributed by atoms with Gasteiger partial charge in [0.15, 0.2) is 0 Å². The molecule has 0 aliphatic rings. The molecule has 0 saturated carbocycles. The van der Waals surface area contributed by atoms with Crippen LogP contribution in [0.1, 0.15) is 17.4 Å². The van der Waals surface area contributed by atoms with Gasteiger partial charge in [-0.25, -0.2) is 0 Å². The highest BCUT2D eigenvalue weighted by molar-refractivity contribution is 6.06. The molecule has 1 amide bonds. The van der Waals surface area contributed by atoms with Crippen LogP contribution >= 0.6 is 0 Å². The van der Waals surface area contributed by atoms with Crippen LogP contribution in [0.5, 0.6) is 0 Å². The van der Waals surface area contributed by atoms with Gasteiger partial charge in [0.05, 0.1) is 11.9 Å². The number of hydrogen-bond acceptors (Lipinski definition) is 3. The van der Waals surface area contributed by atoms with E-state index in [1.807, 2.05) is 37.3 Å². The third kappa shape index (κ3) is 2.28. The van der Waals surface area contributed by atoms with Crippen LogP contribution in [-0.4, -0.2) is 15.7 Å². The predicted molar refractivity (Wildman–Crippen MR) is 66.7 cm³/mol. The molecule has 0 aliphatic carbocycles. The van der Waals surface area contributed by atoms with Crippen molar-refractivity contribution in [3.8, 4) is 0 Å². The molecule has 0 saturated heterocycles. The Labute approximate surface area is 99.2 Å². The van der Waals surface area contributed by atoms with E-state index in [0.717, 1.165) is 5.69 Å². The molecule has 0 aliphatic heterocycles. The average Bonchev–Trinajstić information content (AvgIpc) is 2.71. The Hall–Kier alpha value is -2.30. The molecule has 88 valence electrons. The molecule has 2 rings (SSSR count). The zero-order chi connectivity index (χ0) is 12.3. The monoisotopic (exact) mass is 230 g/mol. The summed E-state index contributed by atoms with van der Waals surface area (Å²) in [7, 11) is 0. The van der Waals surface area contributed by atoms with Gasteiger partial charge in [0.1, 0.15) is 5.69 Å². The highest BCUT2D eigenvalue weighted by Crippen LogP contribution is 2.14. The molecular weight excluding hydrogens is 216 g/mol. The van der Waals surface area contributed by atoms with E-state index in [0.29, 0.717) is 17.9 Å². The number of aromatic nitrogens is 2. The smallest absolute Gasteiger partial charge is 0.276 e. The standard InChI is InChI=1S/C12H14N4O/c1-2-16-11(10(13)8-14-16)12(17)15-9-6-4-3-5-7-9/h3-8H,2,13H2,1H3,(H,15,17). The molecule has 3 N–H and O–H groups in total. The molecule has 2 aromatic rings. The van der Waals surface area contributed by atoms with Crippen LogP contribution in [0, 0.1) is 0 Å². The number of amides is 1. The number of nitrogens with zero attached hydrogens (tertiary/aromatic N) is 2. The Morgan fingerprint density at radius 3 is 2.76 bits per heavy atom. The summed E-state index contributed by atoms with van der Waals surface area (Å²) in [5.41, 5.74) is 7.25. The van der Waals surface area contributed by atoms with E-state index in [-0.39, 0.29) is 5.91 Å². The van der Waals surface area contributed by atoms with Crippen molar-refractivity contribution in [2.24, 2.45) is 0 Å². The van der Waals surface area contributed by atoms with Gasteiger partial charge in [-0.3, -0.25) is 9.48 Å². The molecule has 5 nitrogen and oxygen atoms in total. The lowest BCUT2D eigenvalue weighted by atomic mass is 10.3. The van der Waals surface area contributed by atoms with Crippen molar-refractivity contribution in [2.45, 2.75) is 13.5 Å². The second kappa shape index (κ2) is 4.69. The van der Waals surface area contributed by atoms with Crippen molar-refractivity contribution < 1.29 is 4.79 Å². The van der Waals surface area contributed by atoms with E-state index in [2.05, 4.69) is 10.4 Å². The van der Waals surface area contributed by atoms with Crippen LogP contribution in [0.3, 0.4) is 0 Å². The van der Waals surface area contributed by atoms with Gasteiger partial charge in [-0.1, -0.05) is 18.2 Å². The molecule has 0 bridgehead atoms. The van der Waals surface area contributed by atoms with E-state index in [4.69, 9.17) is 5.73 Å². The third-order valence-corrected chi connectivity index (χ3v) is 2.41. The number of hydrogen-bond donors (Lipinski definition) is 2. The predicted octanol–water partition coefficient (Wildman–Crippen LogP) is 1.74. The number of benzene rings is 1. The van der Waals surface area contributed by atoms with Crippen molar-refractivity contribution in [3.63, 3.8) is 0 Å². The largest absolute Gasteiger partial charge is 0.396 e. The average molecular weight is 230 g/mol. The number of rotatable bonds is 3. The fourth-order valence-corrected chi connectivity index (χ4v) is 1.60. The van der Waals surface area contributed by atoms with E-state index < -0.39 is 0 Å². The van der Waals surface area contributed by atoms with Gasteiger partial charge >= 0.3 is 0 Å². The second-order valence-corrected chi connectivity index (χ2v) is 3.58. The Balaban J connectivity index is 2.23. The Morgan fingerprint density at radius 2 is 2.12 bits per heavy atom. The number of nitrogens with one attached hydrogen (secondary N) is 1. The van der Waals surface area contributed by atoms with Crippen LogP contribution in [0.2, 0.25) is 0 Å². The fourth-order valence-electron chi connectivity index (χ4n) is 1.60. The summed E-state index contributed by atoms with van der Waals surface area (Å²) in [4.78, 5) is 12.0. The first-order chi connectivity index (χ1) is 8.22. The van der Waals surface area contributed by atoms with Gasteiger partial charge in [-0.15, -0.1) is 0 Å². The maximum atomic E-state index is 12.0. The number of para-hydroxylation sites is 1. The lowest BCUT2D eigenvalue weighted by Crippen LogP contribution is -2.18. The molecule has 17 heavy (non-hydrogen) atoms. The molecule has 1 aromatic heterocycles. The number of nitrogen functional groups attached to an aromatic ring is 1. The number of aryl methyl sites for hydroxylation is 1. The summed E-state index contributed by atoms with van der Waals surface area (Å²) in [6, 6.07) is 9.24. The maximum absolute atomic E-state index is 12.0. The second-order valence-electron chi connectivity index (χ2n) is 3.58. The summed E-state index contributed by atoms with van der Waals surface area (Å²) in [6.07, 6.45) is 1.49. The van der Waals surface area contributed by atoms with Gasteiger partial charge < -0.3 is 11.1 Å². The Bertz CT molecular complexity index is 519. The molecule has 5 heteroatoms. The van der Waals surface area contributed by atoms with Crippen molar-refractivity contribution >= 4 is 17.3 Å². The minimum absolute atomic E-state index is 0.243. The van der Waals surface area contributed by atoms with Gasteiger partial charge in [0.25, 0.3) is 5.91 Å². The van der Waals surface area contributed by atoms with E-state index in [1.165, 1.54) is 6.20 Å². The first-order valence-corrected chi connectivity index (χ1v) is 5.40. The zero-order valence-electron chi connectivity index (χ0n) is 9.55. The maximum Gasteiger partial charge on any atom is 0.276 e. The molecule has 1 aromatic carbocycles. The molecule has 0 radical (unpaired) electrons. The first-order valence-electron chi connectivity index (χ1n) is 5.40. The molecule has 0 fully saturated rings. The summed E-state index contributed by atoms with van der Waals surface area (Å²) < 4.78 is 1.58. The first kappa shape index (κ1) is 11.2. The fraction of sp³-hybridized carbons (Fsp3) is 0.167. The number of carbonyl (C=O) groups is 1. The van der Waals surface area contributed by atoms with Crippen molar-refractivity contribution in [3.05, 3.63) is 42.2 Å². The number of carbonyl (C=O) groups excluding carboxylic acids is 1. The van der Waals surface area contributed by atoms with Gasteiger partial charge in [-0.05, 0) is 19.1 Å². The van der Waals surface area contributed by atoms with Crippen LogP contribution < -0.4 is 11.1 Å². The highest BCUT2D eigenvalue weighted by atomic mass is 16.2. The number of nitrogens with two attached hydrogens (primary N) is 1. The third-order valence-electron chi connectivity index (χ3n) is 2.41. The number of anilines is 2. The van der Waals surface area contributed by atoms with Gasteiger partial charge in [0.2, 0.25) is 0 Å². The minimum atomic E-state index is -0.243. The Kier molecular flexibility index (Phi) is 3.09. The molecule has 0 atom stereocenters. The van der Waals surface area contributed by atoms with Gasteiger partial charge in [0, 0.05) is 12.2 Å².